The highest BCUT2D eigenvalue weighted by molar-refractivity contribution is 5.87. The highest BCUT2D eigenvalue weighted by Gasteiger charge is 2.18. The Labute approximate surface area is 106 Å². The van der Waals surface area contributed by atoms with Gasteiger partial charge in [0.25, 0.3) is 0 Å². The van der Waals surface area contributed by atoms with Crippen LogP contribution in [0.5, 0.6) is 0 Å². The molecule has 0 aliphatic heterocycles. The Morgan fingerprint density at radius 3 is 2.11 bits per heavy atom. The van der Waals surface area contributed by atoms with E-state index in [9.17, 15) is 15.0 Å². The van der Waals surface area contributed by atoms with Gasteiger partial charge in [0.1, 0.15) is 5.60 Å². The van der Waals surface area contributed by atoms with Gasteiger partial charge in [0, 0.05) is 11.1 Å². The first kappa shape index (κ1) is 14.5. The Bertz CT molecular complexity index is 401. The summed E-state index contributed by atoms with van der Waals surface area (Å²) < 4.78 is 5.13. The molecule has 0 atom stereocenters. The summed E-state index contributed by atoms with van der Waals surface area (Å²) in [4.78, 5) is 11.7. The molecular formula is C13H19NO4. The van der Waals surface area contributed by atoms with Gasteiger partial charge in [0.05, 0.1) is 18.9 Å². The number of carbonyl (C=O) groups is 1. The lowest BCUT2D eigenvalue weighted by Crippen LogP contribution is -2.28. The zero-order valence-corrected chi connectivity index (χ0v) is 10.9. The number of nitrogens with one attached hydrogen (secondary N) is 1. The zero-order chi connectivity index (χ0) is 13.8. The summed E-state index contributed by atoms with van der Waals surface area (Å²) in [5, 5.41) is 21.0. The maximum Gasteiger partial charge on any atom is 0.412 e. The van der Waals surface area contributed by atoms with E-state index in [1.165, 1.54) is 0 Å². The van der Waals surface area contributed by atoms with E-state index >= 15 is 0 Å². The van der Waals surface area contributed by atoms with E-state index in [-0.39, 0.29) is 13.2 Å². The van der Waals surface area contributed by atoms with Crippen LogP contribution in [0, 0.1) is 0 Å². The largest absolute Gasteiger partial charge is 0.444 e. The van der Waals surface area contributed by atoms with Crippen LogP contribution in [-0.4, -0.2) is 21.9 Å². The van der Waals surface area contributed by atoms with E-state index in [2.05, 4.69) is 5.32 Å². The van der Waals surface area contributed by atoms with Crippen LogP contribution >= 0.6 is 0 Å². The van der Waals surface area contributed by atoms with Crippen molar-refractivity contribution in [3.05, 3.63) is 29.3 Å². The molecule has 1 amide bonds. The molecule has 3 N–H and O–H groups in total. The first-order chi connectivity index (χ1) is 8.37. The minimum absolute atomic E-state index is 0.223. The number of benzene rings is 1. The molecular weight excluding hydrogens is 234 g/mol. The molecule has 100 valence electrons. The monoisotopic (exact) mass is 253 g/mol. The zero-order valence-electron chi connectivity index (χ0n) is 10.9. The Morgan fingerprint density at radius 2 is 1.72 bits per heavy atom. The van der Waals surface area contributed by atoms with Crippen LogP contribution in [0.15, 0.2) is 18.2 Å². The fourth-order valence-corrected chi connectivity index (χ4v) is 1.48. The average Bonchev–Trinajstić information content (AvgIpc) is 2.26. The topological polar surface area (TPSA) is 78.8 Å². The van der Waals surface area contributed by atoms with Crippen molar-refractivity contribution < 1.29 is 19.7 Å². The second-order valence-electron chi connectivity index (χ2n) is 4.89. The minimum atomic E-state index is -0.613. The molecule has 0 bridgehead atoms. The number of para-hydroxylation sites is 1. The van der Waals surface area contributed by atoms with E-state index in [0.717, 1.165) is 0 Å². The first-order valence-electron chi connectivity index (χ1n) is 5.70. The molecule has 1 aromatic rings. The third-order valence-corrected chi connectivity index (χ3v) is 2.20. The molecule has 0 spiro atoms. The number of rotatable bonds is 3. The van der Waals surface area contributed by atoms with Gasteiger partial charge >= 0.3 is 6.09 Å². The molecule has 18 heavy (non-hydrogen) atoms. The number of carbonyl (C=O) groups excluding carboxylic acids is 1. The number of hydrogen-bond donors (Lipinski definition) is 3. The quantitative estimate of drug-likeness (QED) is 0.770. The number of aliphatic hydroxyl groups excluding tert-OH is 2. The Balaban J connectivity index is 2.92. The van der Waals surface area contributed by atoms with Crippen LogP contribution in [0.25, 0.3) is 0 Å². The Kier molecular flexibility index (Phi) is 4.69. The number of ether oxygens (including phenoxy) is 1. The van der Waals surface area contributed by atoms with Gasteiger partial charge in [-0.15, -0.1) is 0 Å². The third kappa shape index (κ3) is 4.01. The van der Waals surface area contributed by atoms with Crippen LogP contribution in [0.4, 0.5) is 10.5 Å². The molecule has 0 fully saturated rings. The van der Waals surface area contributed by atoms with Gasteiger partial charge in [-0.1, -0.05) is 18.2 Å². The predicted molar refractivity (Wildman–Crippen MR) is 68.1 cm³/mol. The molecule has 0 unspecified atom stereocenters. The highest BCUT2D eigenvalue weighted by atomic mass is 16.6. The van der Waals surface area contributed by atoms with Gasteiger partial charge in [0.2, 0.25) is 0 Å². The van der Waals surface area contributed by atoms with Crippen molar-refractivity contribution in [2.45, 2.75) is 39.6 Å². The summed E-state index contributed by atoms with van der Waals surface area (Å²) in [5.41, 5.74) is 0.869. The van der Waals surface area contributed by atoms with Crippen molar-refractivity contribution in [3.63, 3.8) is 0 Å². The maximum absolute atomic E-state index is 11.7. The molecule has 1 rings (SSSR count). The van der Waals surface area contributed by atoms with Crippen LogP contribution in [0.3, 0.4) is 0 Å². The van der Waals surface area contributed by atoms with Crippen molar-refractivity contribution in [1.82, 2.24) is 0 Å². The summed E-state index contributed by atoms with van der Waals surface area (Å²) in [6, 6.07) is 5.05. The number of hydrogen-bond acceptors (Lipinski definition) is 4. The van der Waals surface area contributed by atoms with Crippen molar-refractivity contribution in [1.29, 1.82) is 0 Å². The molecule has 0 aliphatic carbocycles. The van der Waals surface area contributed by atoms with Crippen molar-refractivity contribution in [3.8, 4) is 0 Å². The van der Waals surface area contributed by atoms with E-state index in [1.54, 1.807) is 39.0 Å². The van der Waals surface area contributed by atoms with Gasteiger partial charge < -0.3 is 14.9 Å². The fraction of sp³-hybridized carbons (Fsp3) is 0.462. The van der Waals surface area contributed by atoms with Gasteiger partial charge in [-0.05, 0) is 20.8 Å². The fourth-order valence-electron chi connectivity index (χ4n) is 1.48. The summed E-state index contributed by atoms with van der Waals surface area (Å²) in [5.74, 6) is 0. The lowest BCUT2D eigenvalue weighted by molar-refractivity contribution is 0.0635. The molecule has 1 aromatic carbocycles. The molecule has 0 saturated carbocycles. The van der Waals surface area contributed by atoms with Crippen LogP contribution in [0.1, 0.15) is 31.9 Å². The first-order valence-corrected chi connectivity index (χ1v) is 5.70. The molecule has 5 nitrogen and oxygen atoms in total. The SMILES string of the molecule is CC(C)(C)OC(=O)Nc1c(CO)cccc1CO. The second-order valence-corrected chi connectivity index (χ2v) is 4.89. The number of aliphatic hydroxyl groups is 2. The molecule has 0 aliphatic rings. The van der Waals surface area contributed by atoms with Gasteiger partial charge in [-0.3, -0.25) is 5.32 Å². The van der Waals surface area contributed by atoms with Gasteiger partial charge in [-0.25, -0.2) is 4.79 Å². The summed E-state index contributed by atoms with van der Waals surface area (Å²) in [6.07, 6.45) is -0.613. The minimum Gasteiger partial charge on any atom is -0.444 e. The third-order valence-electron chi connectivity index (χ3n) is 2.20. The second kappa shape index (κ2) is 5.84. The summed E-state index contributed by atoms with van der Waals surface area (Å²) in [6.45, 7) is 4.84. The van der Waals surface area contributed by atoms with Gasteiger partial charge in [0.15, 0.2) is 0 Å². The van der Waals surface area contributed by atoms with E-state index in [4.69, 9.17) is 4.74 Å². The average molecular weight is 253 g/mol. The smallest absolute Gasteiger partial charge is 0.412 e. The molecule has 0 heterocycles. The van der Waals surface area contributed by atoms with Gasteiger partial charge in [-0.2, -0.15) is 0 Å². The lowest BCUT2D eigenvalue weighted by Gasteiger charge is -2.21. The molecule has 0 radical (unpaired) electrons. The van der Waals surface area contributed by atoms with Crippen LogP contribution in [0.2, 0.25) is 0 Å². The van der Waals surface area contributed by atoms with Crippen molar-refractivity contribution >= 4 is 11.8 Å². The molecule has 5 heteroatoms. The lowest BCUT2D eigenvalue weighted by atomic mass is 10.1. The van der Waals surface area contributed by atoms with E-state index < -0.39 is 11.7 Å². The van der Waals surface area contributed by atoms with Crippen LogP contribution < -0.4 is 5.32 Å². The van der Waals surface area contributed by atoms with Crippen LogP contribution in [-0.2, 0) is 18.0 Å². The Hall–Kier alpha value is -1.59. The molecule has 0 aromatic heterocycles. The summed E-state index contributed by atoms with van der Waals surface area (Å²) in [7, 11) is 0. The number of amides is 1. The van der Waals surface area contributed by atoms with Crippen molar-refractivity contribution in [2.24, 2.45) is 0 Å². The molecule has 0 saturated heterocycles. The normalized spacial score (nSPS) is 11.2. The standard InChI is InChI=1S/C13H19NO4/c1-13(2,3)18-12(17)14-11-9(7-15)5-4-6-10(11)8-16/h4-6,15-16H,7-8H2,1-3H3,(H,14,17). The number of anilines is 1. The Morgan fingerprint density at radius 1 is 1.22 bits per heavy atom. The predicted octanol–water partition coefficient (Wildman–Crippen LogP) is 2.02. The van der Waals surface area contributed by atoms with Crippen molar-refractivity contribution in [2.75, 3.05) is 5.32 Å². The van der Waals surface area contributed by atoms with E-state index in [0.29, 0.717) is 16.8 Å². The van der Waals surface area contributed by atoms with E-state index in [1.807, 2.05) is 0 Å². The maximum atomic E-state index is 11.7. The summed E-state index contributed by atoms with van der Waals surface area (Å²) >= 11 is 0. The highest BCUT2D eigenvalue weighted by Crippen LogP contribution is 2.22.